The summed E-state index contributed by atoms with van der Waals surface area (Å²) in [7, 11) is -4.02. The molecule has 1 atom stereocenters. The molecule has 0 amide bonds. The molecule has 1 aliphatic carbocycles. The first-order valence-electron chi connectivity index (χ1n) is 9.06. The van der Waals surface area contributed by atoms with Crippen molar-refractivity contribution in [3.8, 4) is 0 Å². The van der Waals surface area contributed by atoms with Gasteiger partial charge in [-0.05, 0) is 36.8 Å². The third-order valence-electron chi connectivity index (χ3n) is 4.79. The maximum absolute atomic E-state index is 13.9. The number of fused-ring (bicyclic) bond motifs is 1. The highest BCUT2D eigenvalue weighted by Crippen LogP contribution is 2.41. The fourth-order valence-corrected chi connectivity index (χ4v) is 5.25. The molecule has 3 rings (SSSR count). The summed E-state index contributed by atoms with van der Waals surface area (Å²) >= 11 is 3.45. The van der Waals surface area contributed by atoms with E-state index in [4.69, 9.17) is 0 Å². The van der Waals surface area contributed by atoms with Gasteiger partial charge in [0.2, 0.25) is 10.0 Å². The predicted molar refractivity (Wildman–Crippen MR) is 108 cm³/mol. The Bertz CT molecular complexity index is 1000. The summed E-state index contributed by atoms with van der Waals surface area (Å²) in [6.45, 7) is 8.35. The highest BCUT2D eigenvalue weighted by molar-refractivity contribution is 9.10. The third-order valence-corrected chi connectivity index (χ3v) is 7.56. The quantitative estimate of drug-likeness (QED) is 0.618. The van der Waals surface area contributed by atoms with E-state index in [1.165, 1.54) is 6.20 Å². The van der Waals surface area contributed by atoms with Crippen molar-refractivity contribution in [2.75, 3.05) is 0 Å². The second-order valence-corrected chi connectivity index (χ2v) is 11.5. The van der Waals surface area contributed by atoms with Crippen LogP contribution in [-0.2, 0) is 16.6 Å². The molecule has 1 aromatic carbocycles. The van der Waals surface area contributed by atoms with Gasteiger partial charge in [0.25, 0.3) is 0 Å². The van der Waals surface area contributed by atoms with E-state index in [2.05, 4.69) is 15.9 Å². The molecule has 1 N–H and O–H groups in total. The van der Waals surface area contributed by atoms with Crippen LogP contribution >= 0.6 is 15.9 Å². The van der Waals surface area contributed by atoms with Gasteiger partial charge in [0.15, 0.2) is 0 Å². The smallest absolute Gasteiger partial charge is 0.346 e. The highest BCUT2D eigenvalue weighted by atomic mass is 79.9. The van der Waals surface area contributed by atoms with Crippen LogP contribution in [0, 0.1) is 12.3 Å². The molecule has 0 bridgehead atoms. The number of benzene rings is 1. The molecular formula is C19H24BrF3N2O2S. The second-order valence-electron chi connectivity index (χ2n) is 8.68. The zero-order chi connectivity index (χ0) is 21.1. The van der Waals surface area contributed by atoms with E-state index in [1.54, 1.807) is 16.7 Å². The summed E-state index contributed by atoms with van der Waals surface area (Å²) in [6, 6.07) is 1.04. The Kier molecular flexibility index (Phi) is 5.43. The number of halogens is 4. The number of hydrogen-bond acceptors (Lipinski definition) is 2. The van der Waals surface area contributed by atoms with E-state index in [0.717, 1.165) is 10.0 Å². The minimum atomic E-state index is -4.75. The van der Waals surface area contributed by atoms with Crippen molar-refractivity contribution >= 4 is 36.9 Å². The van der Waals surface area contributed by atoms with Gasteiger partial charge in [0.1, 0.15) is 6.04 Å². The van der Waals surface area contributed by atoms with Gasteiger partial charge in [-0.1, -0.05) is 42.8 Å². The first kappa shape index (κ1) is 21.6. The van der Waals surface area contributed by atoms with E-state index in [0.29, 0.717) is 30.3 Å². The van der Waals surface area contributed by atoms with Crippen LogP contribution in [0.15, 0.2) is 22.8 Å². The number of rotatable bonds is 5. The van der Waals surface area contributed by atoms with Crippen molar-refractivity contribution in [1.29, 1.82) is 0 Å². The van der Waals surface area contributed by atoms with E-state index < -0.39 is 27.5 Å². The van der Waals surface area contributed by atoms with Crippen molar-refractivity contribution in [3.05, 3.63) is 33.9 Å². The zero-order valence-electron chi connectivity index (χ0n) is 16.2. The molecule has 0 spiro atoms. The van der Waals surface area contributed by atoms with Crippen LogP contribution in [0.4, 0.5) is 13.2 Å². The second kappa shape index (κ2) is 7.02. The van der Waals surface area contributed by atoms with Crippen LogP contribution in [0.25, 0.3) is 10.9 Å². The minimum absolute atomic E-state index is 0.0634. The van der Waals surface area contributed by atoms with Crippen molar-refractivity contribution < 1.29 is 21.6 Å². The van der Waals surface area contributed by atoms with Gasteiger partial charge in [-0.3, -0.25) is 0 Å². The average molecular weight is 481 g/mol. The average Bonchev–Trinajstić information content (AvgIpc) is 3.31. The van der Waals surface area contributed by atoms with Crippen LogP contribution in [-0.4, -0.2) is 24.4 Å². The van der Waals surface area contributed by atoms with Crippen molar-refractivity contribution in [3.63, 3.8) is 0 Å². The number of aryl methyl sites for hydroxylation is 1. The molecule has 1 fully saturated rings. The molecule has 9 heteroatoms. The zero-order valence-corrected chi connectivity index (χ0v) is 18.6. The van der Waals surface area contributed by atoms with E-state index >= 15 is 0 Å². The maximum Gasteiger partial charge on any atom is 0.408 e. The number of alkyl halides is 3. The molecule has 156 valence electrons. The normalized spacial score (nSPS) is 17.3. The monoisotopic (exact) mass is 480 g/mol. The summed E-state index contributed by atoms with van der Waals surface area (Å²) in [5, 5.41) is -0.318. The van der Waals surface area contributed by atoms with E-state index in [9.17, 15) is 21.6 Å². The lowest BCUT2D eigenvalue weighted by Gasteiger charge is -2.22. The highest BCUT2D eigenvalue weighted by Gasteiger charge is 2.47. The molecule has 1 saturated carbocycles. The summed E-state index contributed by atoms with van der Waals surface area (Å²) in [4.78, 5) is 0. The summed E-state index contributed by atoms with van der Waals surface area (Å²) in [6.07, 6.45) is -2.50. The van der Waals surface area contributed by atoms with Crippen LogP contribution in [0.1, 0.15) is 50.8 Å². The molecule has 0 radical (unpaired) electrons. The minimum Gasteiger partial charge on any atom is -0.346 e. The van der Waals surface area contributed by atoms with Gasteiger partial charge >= 0.3 is 6.18 Å². The van der Waals surface area contributed by atoms with Crippen LogP contribution in [0.5, 0.6) is 0 Å². The molecule has 28 heavy (non-hydrogen) atoms. The Labute approximate surface area is 171 Å². The molecule has 4 nitrogen and oxygen atoms in total. The fourth-order valence-electron chi connectivity index (χ4n) is 3.39. The SMILES string of the molecule is Cc1c(Br)ccc2c(C(NS(=O)(=O)C3CC3)C(F)(F)F)cn(CC(C)(C)C)c12. The van der Waals surface area contributed by atoms with Crippen LogP contribution in [0.2, 0.25) is 0 Å². The van der Waals surface area contributed by atoms with Crippen molar-refractivity contribution in [1.82, 2.24) is 9.29 Å². The first-order valence-corrected chi connectivity index (χ1v) is 11.4. The number of hydrogen-bond donors (Lipinski definition) is 1. The van der Waals surface area contributed by atoms with Crippen LogP contribution < -0.4 is 4.72 Å². The van der Waals surface area contributed by atoms with E-state index in [-0.39, 0.29) is 11.0 Å². The number of sulfonamides is 1. The molecule has 0 aliphatic heterocycles. The number of aromatic nitrogens is 1. The predicted octanol–water partition coefficient (Wildman–Crippen LogP) is 5.44. The lowest BCUT2D eigenvalue weighted by Crippen LogP contribution is -2.39. The van der Waals surface area contributed by atoms with Crippen molar-refractivity contribution in [2.24, 2.45) is 5.41 Å². The standard InChI is InChI=1S/C19H24BrF3N2O2S/c1-11-15(20)8-7-13-14(9-25(16(11)13)10-18(2,3)4)17(19(21,22)23)24-28(26,27)12-5-6-12/h7-9,12,17,24H,5-6,10H2,1-4H3. The van der Waals surface area contributed by atoms with E-state index in [1.807, 2.05) is 32.4 Å². The first-order chi connectivity index (χ1) is 12.7. The Morgan fingerprint density at radius 1 is 1.25 bits per heavy atom. The number of nitrogens with zero attached hydrogens (tertiary/aromatic N) is 1. The largest absolute Gasteiger partial charge is 0.408 e. The Morgan fingerprint density at radius 3 is 2.36 bits per heavy atom. The lowest BCUT2D eigenvalue weighted by atomic mass is 9.97. The lowest BCUT2D eigenvalue weighted by molar-refractivity contribution is -0.152. The van der Waals surface area contributed by atoms with Gasteiger partial charge in [0.05, 0.1) is 10.8 Å². The van der Waals surface area contributed by atoms with Crippen LogP contribution in [0.3, 0.4) is 0 Å². The van der Waals surface area contributed by atoms with Gasteiger partial charge < -0.3 is 4.57 Å². The Hall–Kier alpha value is -1.06. The molecule has 2 aromatic rings. The fraction of sp³-hybridized carbons (Fsp3) is 0.579. The summed E-state index contributed by atoms with van der Waals surface area (Å²) in [5.41, 5.74) is 1.27. The number of nitrogens with one attached hydrogen (secondary N) is 1. The maximum atomic E-state index is 13.9. The van der Waals surface area contributed by atoms with Crippen molar-refractivity contribution in [2.45, 2.75) is 64.5 Å². The topological polar surface area (TPSA) is 51.1 Å². The third kappa shape index (κ3) is 4.41. The van der Waals surface area contributed by atoms with Gasteiger partial charge in [-0.25, -0.2) is 8.42 Å². The molecule has 1 heterocycles. The van der Waals surface area contributed by atoms with Gasteiger partial charge in [0, 0.05) is 28.2 Å². The molecule has 1 unspecified atom stereocenters. The Morgan fingerprint density at radius 2 is 1.86 bits per heavy atom. The molecule has 1 aliphatic rings. The molecule has 0 saturated heterocycles. The Balaban J connectivity index is 2.20. The molecular weight excluding hydrogens is 457 g/mol. The van der Waals surface area contributed by atoms with Gasteiger partial charge in [-0.15, -0.1) is 0 Å². The molecule has 1 aromatic heterocycles. The van der Waals surface area contributed by atoms with Gasteiger partial charge in [-0.2, -0.15) is 17.9 Å². The summed E-state index contributed by atoms with van der Waals surface area (Å²) < 4.78 is 70.9. The summed E-state index contributed by atoms with van der Waals surface area (Å²) in [5.74, 6) is 0.